The SMILES string of the molecule is CCN(c1cccc2c1C/C=C/CCCc1cc(C)nc(OC)c1CNC2=O)[C@H]1CC[C@H](N(C(=O)O)C(C)(C)C)CC1. The molecular weight excluding hydrogens is 528 g/mol. The molecule has 1 fully saturated rings. The van der Waals surface area contributed by atoms with Crippen molar-refractivity contribution >= 4 is 17.7 Å². The lowest BCUT2D eigenvalue weighted by molar-refractivity contribution is 0.0545. The number of anilines is 1. The fraction of sp³-hybridized carbons (Fsp3) is 0.559. The first-order chi connectivity index (χ1) is 20.0. The number of pyridine rings is 1. The number of methoxy groups -OCH3 is 1. The summed E-state index contributed by atoms with van der Waals surface area (Å²) in [7, 11) is 1.63. The number of hydrogen-bond donors (Lipinski definition) is 2. The fourth-order valence-electron chi connectivity index (χ4n) is 6.83. The number of aryl methyl sites for hydroxylation is 2. The van der Waals surface area contributed by atoms with Crippen molar-refractivity contribution in [1.29, 1.82) is 0 Å². The molecule has 0 spiro atoms. The van der Waals surface area contributed by atoms with Gasteiger partial charge in [0.15, 0.2) is 0 Å². The quantitative estimate of drug-likeness (QED) is 0.386. The van der Waals surface area contributed by atoms with Gasteiger partial charge in [0.05, 0.1) is 7.11 Å². The molecule has 2 N–H and O–H groups in total. The predicted molar refractivity (Wildman–Crippen MR) is 168 cm³/mol. The Hall–Kier alpha value is -3.55. The number of allylic oxidation sites excluding steroid dienone is 2. The summed E-state index contributed by atoms with van der Waals surface area (Å²) >= 11 is 0. The average molecular weight is 577 g/mol. The molecule has 1 aliphatic carbocycles. The lowest BCUT2D eigenvalue weighted by atomic mass is 9.86. The van der Waals surface area contributed by atoms with E-state index in [-0.39, 0.29) is 18.0 Å². The number of aromatic nitrogens is 1. The van der Waals surface area contributed by atoms with Crippen molar-refractivity contribution in [2.24, 2.45) is 0 Å². The molecule has 8 nitrogen and oxygen atoms in total. The maximum atomic E-state index is 13.7. The van der Waals surface area contributed by atoms with Gasteiger partial charge in [0.1, 0.15) is 0 Å². The largest absolute Gasteiger partial charge is 0.481 e. The Kier molecular flexibility index (Phi) is 10.2. The van der Waals surface area contributed by atoms with Crippen LogP contribution in [0, 0.1) is 6.92 Å². The number of nitrogens with one attached hydrogen (secondary N) is 1. The van der Waals surface area contributed by atoms with Crippen LogP contribution < -0.4 is 15.0 Å². The molecular formula is C34H48N4O4. The van der Waals surface area contributed by atoms with E-state index in [2.05, 4.69) is 46.4 Å². The van der Waals surface area contributed by atoms with Gasteiger partial charge in [-0.1, -0.05) is 18.2 Å². The highest BCUT2D eigenvalue weighted by atomic mass is 16.5. The van der Waals surface area contributed by atoms with Gasteiger partial charge in [-0.15, -0.1) is 0 Å². The van der Waals surface area contributed by atoms with Gasteiger partial charge in [-0.2, -0.15) is 0 Å². The molecule has 1 aliphatic heterocycles. The molecule has 0 radical (unpaired) electrons. The van der Waals surface area contributed by atoms with Crippen molar-refractivity contribution < 1.29 is 19.4 Å². The standard InChI is InChI=1S/C34H48N4O4/c1-7-37(25-17-19-26(20-18-25)38(33(40)41)34(3,4)5)30-16-12-15-28-27(30)14-11-9-8-10-13-24-21-23(2)36-32(42-6)29(24)22-35-31(28)39/h9,11-12,15-16,21,25-26H,7-8,10,13-14,17-20,22H2,1-6H3,(H,35,39)(H,40,41)/b11-9+/t25-,26-. The van der Waals surface area contributed by atoms with Crippen molar-refractivity contribution in [3.8, 4) is 5.88 Å². The zero-order chi connectivity index (χ0) is 30.4. The molecule has 8 heteroatoms. The molecule has 2 aliphatic rings. The van der Waals surface area contributed by atoms with Gasteiger partial charge in [0.25, 0.3) is 5.91 Å². The van der Waals surface area contributed by atoms with Gasteiger partial charge in [-0.05, 0) is 115 Å². The Morgan fingerprint density at radius 1 is 1.12 bits per heavy atom. The van der Waals surface area contributed by atoms with Gasteiger partial charge >= 0.3 is 6.09 Å². The van der Waals surface area contributed by atoms with E-state index in [1.165, 1.54) is 5.56 Å². The number of carbonyl (C=O) groups is 2. The Morgan fingerprint density at radius 3 is 2.48 bits per heavy atom. The summed E-state index contributed by atoms with van der Waals surface area (Å²) in [5.74, 6) is 0.473. The molecule has 2 heterocycles. The average Bonchev–Trinajstić information content (AvgIpc) is 2.95. The lowest BCUT2D eigenvalue weighted by Gasteiger charge is -2.45. The van der Waals surface area contributed by atoms with Crippen molar-refractivity contribution in [2.75, 3.05) is 18.6 Å². The van der Waals surface area contributed by atoms with Crippen LogP contribution in [-0.2, 0) is 19.4 Å². The van der Waals surface area contributed by atoms with Gasteiger partial charge in [0, 0.05) is 53.2 Å². The normalized spacial score (nSPS) is 20.5. The Labute approximate surface area is 251 Å². The molecule has 0 unspecified atom stereocenters. The number of carboxylic acid groups (broad SMARTS) is 1. The van der Waals surface area contributed by atoms with Crippen LogP contribution in [0.5, 0.6) is 5.88 Å². The van der Waals surface area contributed by atoms with Crippen LogP contribution >= 0.6 is 0 Å². The summed E-state index contributed by atoms with van der Waals surface area (Å²) in [5.41, 5.74) is 5.40. The molecule has 0 saturated heterocycles. The van der Waals surface area contributed by atoms with Crippen LogP contribution in [0.25, 0.3) is 0 Å². The van der Waals surface area contributed by atoms with E-state index in [9.17, 15) is 14.7 Å². The minimum absolute atomic E-state index is 0.0181. The molecule has 0 bridgehead atoms. The second-order valence-electron chi connectivity index (χ2n) is 12.5. The van der Waals surface area contributed by atoms with Crippen LogP contribution in [0.3, 0.4) is 0 Å². The van der Waals surface area contributed by atoms with Crippen molar-refractivity contribution in [3.05, 3.63) is 64.4 Å². The summed E-state index contributed by atoms with van der Waals surface area (Å²) in [6.45, 7) is 11.2. The predicted octanol–water partition coefficient (Wildman–Crippen LogP) is 6.68. The highest BCUT2D eigenvalue weighted by Gasteiger charge is 2.37. The highest BCUT2D eigenvalue weighted by molar-refractivity contribution is 5.97. The van der Waals surface area contributed by atoms with Crippen LogP contribution in [0.1, 0.15) is 99.0 Å². The van der Waals surface area contributed by atoms with Gasteiger partial charge in [0.2, 0.25) is 5.88 Å². The number of carbonyl (C=O) groups excluding carboxylic acids is 1. The highest BCUT2D eigenvalue weighted by Crippen LogP contribution is 2.35. The zero-order valence-electron chi connectivity index (χ0n) is 26.2. The minimum atomic E-state index is -0.846. The summed E-state index contributed by atoms with van der Waals surface area (Å²) in [4.78, 5) is 34.5. The molecule has 2 amide bonds. The number of ether oxygens (including phenoxy) is 1. The van der Waals surface area contributed by atoms with E-state index < -0.39 is 11.6 Å². The number of amides is 2. The van der Waals surface area contributed by atoms with E-state index in [1.54, 1.807) is 12.0 Å². The molecule has 1 saturated carbocycles. The van der Waals surface area contributed by atoms with Crippen LogP contribution in [0.15, 0.2) is 36.4 Å². The maximum Gasteiger partial charge on any atom is 0.407 e. The first kappa shape index (κ1) is 31.4. The lowest BCUT2D eigenvalue weighted by Crippen LogP contribution is -2.53. The molecule has 1 aromatic heterocycles. The maximum absolute atomic E-state index is 13.7. The monoisotopic (exact) mass is 576 g/mol. The fourth-order valence-corrected chi connectivity index (χ4v) is 6.83. The van der Waals surface area contributed by atoms with Gasteiger partial charge < -0.3 is 25.0 Å². The summed E-state index contributed by atoms with van der Waals surface area (Å²) in [6.07, 6.45) is 10.6. The van der Waals surface area contributed by atoms with Crippen LogP contribution in [-0.4, -0.2) is 58.3 Å². The Bertz CT molecular complexity index is 1290. The van der Waals surface area contributed by atoms with E-state index in [0.29, 0.717) is 24.4 Å². The van der Waals surface area contributed by atoms with E-state index in [0.717, 1.165) is 74.0 Å². The van der Waals surface area contributed by atoms with Gasteiger partial charge in [-0.25, -0.2) is 9.78 Å². The van der Waals surface area contributed by atoms with Crippen molar-refractivity contribution in [2.45, 2.75) is 110 Å². The van der Waals surface area contributed by atoms with Crippen molar-refractivity contribution in [1.82, 2.24) is 15.2 Å². The zero-order valence-corrected chi connectivity index (χ0v) is 26.2. The Morgan fingerprint density at radius 2 is 1.83 bits per heavy atom. The summed E-state index contributed by atoms with van der Waals surface area (Å²) in [5, 5.41) is 13.1. The van der Waals surface area contributed by atoms with Gasteiger partial charge in [-0.3, -0.25) is 4.79 Å². The smallest absolute Gasteiger partial charge is 0.407 e. The first-order valence-corrected chi connectivity index (χ1v) is 15.4. The third kappa shape index (κ3) is 7.08. The first-order valence-electron chi connectivity index (χ1n) is 15.4. The number of hydrogen-bond acceptors (Lipinski definition) is 5. The second-order valence-corrected chi connectivity index (χ2v) is 12.5. The van der Waals surface area contributed by atoms with E-state index >= 15 is 0 Å². The van der Waals surface area contributed by atoms with Crippen molar-refractivity contribution in [3.63, 3.8) is 0 Å². The third-order valence-electron chi connectivity index (χ3n) is 8.68. The minimum Gasteiger partial charge on any atom is -0.481 e. The Balaban J connectivity index is 1.62. The molecule has 4 rings (SSSR count). The number of nitrogens with zero attached hydrogens (tertiary/aromatic N) is 3. The molecule has 1 aromatic carbocycles. The van der Waals surface area contributed by atoms with E-state index in [4.69, 9.17) is 4.74 Å². The third-order valence-corrected chi connectivity index (χ3v) is 8.68. The second kappa shape index (κ2) is 13.6. The number of rotatable bonds is 5. The molecule has 0 atom stereocenters. The molecule has 42 heavy (non-hydrogen) atoms. The topological polar surface area (TPSA) is 95.0 Å². The number of fused-ring (bicyclic) bond motifs is 2. The van der Waals surface area contributed by atoms with Crippen LogP contribution in [0.4, 0.5) is 10.5 Å². The van der Waals surface area contributed by atoms with E-state index in [1.807, 2.05) is 39.8 Å². The summed E-state index contributed by atoms with van der Waals surface area (Å²) in [6, 6.07) is 8.45. The van der Waals surface area contributed by atoms with Crippen LogP contribution in [0.2, 0.25) is 0 Å². The summed E-state index contributed by atoms with van der Waals surface area (Å²) < 4.78 is 5.61. The number of benzene rings is 1. The molecule has 228 valence electrons. The molecule has 2 aromatic rings.